The second kappa shape index (κ2) is 8.04. The minimum Gasteiger partial charge on any atom is -0.322 e. The summed E-state index contributed by atoms with van der Waals surface area (Å²) in [4.78, 5) is 47.2. The van der Waals surface area contributed by atoms with Crippen molar-refractivity contribution in [1.29, 1.82) is 0 Å². The van der Waals surface area contributed by atoms with E-state index in [1.54, 1.807) is 13.8 Å². The average molecular weight is 442 g/mol. The van der Waals surface area contributed by atoms with Gasteiger partial charge in [-0.1, -0.05) is 43.0 Å². The van der Waals surface area contributed by atoms with Crippen LogP contribution in [0, 0.1) is 0 Å². The fourth-order valence-electron chi connectivity index (χ4n) is 2.99. The lowest BCUT2D eigenvalue weighted by molar-refractivity contribution is -0.137. The van der Waals surface area contributed by atoms with E-state index in [-0.39, 0.29) is 5.75 Å². The molecule has 3 heterocycles. The molecule has 1 aromatic carbocycles. The summed E-state index contributed by atoms with van der Waals surface area (Å²) in [6, 6.07) is 10.8. The number of hydrazine groups is 1. The number of nitrogens with zero attached hydrogens (tertiary/aromatic N) is 3. The largest absolute Gasteiger partial charge is 0.344 e. The van der Waals surface area contributed by atoms with Gasteiger partial charge in [-0.3, -0.25) is 15.0 Å². The number of nitrogens with one attached hydrogen (secondary N) is 2. The average Bonchev–Trinajstić information content (AvgIpc) is 3.36. The van der Waals surface area contributed by atoms with Crippen molar-refractivity contribution in [3.63, 3.8) is 0 Å². The number of carbonyl (C=O) groups is 3. The van der Waals surface area contributed by atoms with Crippen LogP contribution >= 0.6 is 23.1 Å². The molecule has 0 spiro atoms. The number of carbonyl (C=O) groups excluding carboxylic acids is 3. The van der Waals surface area contributed by atoms with Gasteiger partial charge in [0.2, 0.25) is 5.91 Å². The molecular formula is C20H19N5O3S2. The zero-order valence-electron chi connectivity index (χ0n) is 16.3. The number of para-hydroxylation sites is 1. The molecule has 3 aromatic rings. The number of benzene rings is 1. The van der Waals surface area contributed by atoms with Gasteiger partial charge in [0.05, 0.1) is 16.1 Å². The van der Waals surface area contributed by atoms with Crippen LogP contribution in [-0.4, -0.2) is 44.1 Å². The fourth-order valence-corrected chi connectivity index (χ4v) is 4.46. The zero-order chi connectivity index (χ0) is 21.3. The summed E-state index contributed by atoms with van der Waals surface area (Å²) in [5.74, 6) is -0.352. The van der Waals surface area contributed by atoms with Crippen molar-refractivity contribution in [2.45, 2.75) is 30.8 Å². The van der Waals surface area contributed by atoms with Gasteiger partial charge in [0.15, 0.2) is 5.82 Å². The van der Waals surface area contributed by atoms with E-state index in [2.05, 4.69) is 20.7 Å². The number of hydrogen-bond donors (Lipinski definition) is 2. The fraction of sp³-hybridized carbons (Fsp3) is 0.250. The van der Waals surface area contributed by atoms with Gasteiger partial charge in [-0.05, 0) is 30.9 Å². The highest BCUT2D eigenvalue weighted by molar-refractivity contribution is 8.00. The lowest BCUT2D eigenvalue weighted by Gasteiger charge is -2.19. The molecule has 4 amide bonds. The van der Waals surface area contributed by atoms with Crippen molar-refractivity contribution in [2.24, 2.45) is 0 Å². The number of imide groups is 1. The highest BCUT2D eigenvalue weighted by atomic mass is 32.2. The highest BCUT2D eigenvalue weighted by Gasteiger charge is 2.47. The van der Waals surface area contributed by atoms with E-state index in [9.17, 15) is 14.4 Å². The molecule has 1 atom stereocenters. The topological polar surface area (TPSA) is 104 Å². The summed E-state index contributed by atoms with van der Waals surface area (Å²) in [6.07, 6.45) is 0.428. The smallest absolute Gasteiger partial charge is 0.322 e. The molecule has 1 fully saturated rings. The third kappa shape index (κ3) is 3.75. The Hall–Kier alpha value is -2.98. The molecular weight excluding hydrogens is 422 g/mol. The molecule has 1 aliphatic heterocycles. The van der Waals surface area contributed by atoms with Crippen molar-refractivity contribution < 1.29 is 14.4 Å². The first-order valence-electron chi connectivity index (χ1n) is 9.31. The second-order valence-corrected chi connectivity index (χ2v) is 8.84. The molecule has 154 valence electrons. The van der Waals surface area contributed by atoms with Gasteiger partial charge in [-0.15, -0.1) is 11.3 Å². The molecule has 2 aromatic heterocycles. The molecule has 1 saturated heterocycles. The minimum atomic E-state index is -1.00. The van der Waals surface area contributed by atoms with E-state index in [1.807, 2.05) is 41.8 Å². The van der Waals surface area contributed by atoms with Crippen molar-refractivity contribution in [2.75, 3.05) is 5.75 Å². The maximum absolute atomic E-state index is 12.5. The van der Waals surface area contributed by atoms with Crippen LogP contribution in [0.15, 0.2) is 46.8 Å². The number of rotatable bonds is 6. The summed E-state index contributed by atoms with van der Waals surface area (Å²) in [5, 5.41) is 6.81. The zero-order valence-corrected chi connectivity index (χ0v) is 18.0. The molecule has 0 aliphatic carbocycles. The summed E-state index contributed by atoms with van der Waals surface area (Å²) < 4.78 is 0. The number of hydrogen-bond acceptors (Lipinski definition) is 7. The SMILES string of the molecule is CC[C@@]1(C)NC(=O)N(NC(=O)CSc2nc(-c3cccs3)nc3ccccc23)C1=O. The molecule has 0 unspecified atom stereocenters. The van der Waals surface area contributed by atoms with E-state index >= 15 is 0 Å². The molecule has 0 saturated carbocycles. The molecule has 8 nitrogen and oxygen atoms in total. The molecule has 4 rings (SSSR count). The molecule has 10 heteroatoms. The van der Waals surface area contributed by atoms with E-state index < -0.39 is 23.4 Å². The van der Waals surface area contributed by atoms with E-state index in [4.69, 9.17) is 0 Å². The first-order chi connectivity index (χ1) is 14.4. The second-order valence-electron chi connectivity index (χ2n) is 6.93. The Morgan fingerprint density at radius 3 is 2.73 bits per heavy atom. The van der Waals surface area contributed by atoms with Gasteiger partial charge in [0.1, 0.15) is 10.6 Å². The Labute approximate surface area is 181 Å². The maximum atomic E-state index is 12.5. The van der Waals surface area contributed by atoms with E-state index in [0.717, 1.165) is 20.8 Å². The first-order valence-corrected chi connectivity index (χ1v) is 11.2. The van der Waals surface area contributed by atoms with Crippen LogP contribution < -0.4 is 10.7 Å². The molecule has 0 bridgehead atoms. The highest BCUT2D eigenvalue weighted by Crippen LogP contribution is 2.30. The first kappa shape index (κ1) is 20.3. The Morgan fingerprint density at radius 2 is 2.03 bits per heavy atom. The van der Waals surface area contributed by atoms with Crippen LogP contribution in [-0.2, 0) is 9.59 Å². The van der Waals surface area contributed by atoms with Crippen molar-refractivity contribution >= 4 is 51.8 Å². The van der Waals surface area contributed by atoms with Crippen molar-refractivity contribution in [3.8, 4) is 10.7 Å². The number of thioether (sulfide) groups is 1. The number of thiophene rings is 1. The lowest BCUT2D eigenvalue weighted by Crippen LogP contribution is -2.49. The summed E-state index contributed by atoms with van der Waals surface area (Å²) in [7, 11) is 0. The van der Waals surface area contributed by atoms with Gasteiger partial charge in [-0.2, -0.15) is 5.01 Å². The quantitative estimate of drug-likeness (QED) is 0.346. The third-order valence-electron chi connectivity index (χ3n) is 4.85. The number of aromatic nitrogens is 2. The number of urea groups is 1. The molecule has 2 N–H and O–H groups in total. The Morgan fingerprint density at radius 1 is 1.23 bits per heavy atom. The van der Waals surface area contributed by atoms with Gasteiger partial charge in [0.25, 0.3) is 5.91 Å². The standard InChI is InChI=1S/C20H19N5O3S2/c1-3-20(2)18(27)25(19(28)23-20)24-15(26)11-30-17-12-7-4-5-8-13(12)21-16(22-17)14-9-6-10-29-14/h4-10H,3,11H2,1-2H3,(H,23,28)(H,24,26)/t20-/m1/s1. The Bertz CT molecular complexity index is 1130. The summed E-state index contributed by atoms with van der Waals surface area (Å²) in [6.45, 7) is 3.43. The summed E-state index contributed by atoms with van der Waals surface area (Å²) >= 11 is 2.77. The molecule has 30 heavy (non-hydrogen) atoms. The van der Waals surface area contributed by atoms with Crippen LogP contribution in [0.1, 0.15) is 20.3 Å². The van der Waals surface area contributed by atoms with Crippen LogP contribution in [0.4, 0.5) is 4.79 Å². The van der Waals surface area contributed by atoms with Crippen molar-refractivity contribution in [1.82, 2.24) is 25.7 Å². The molecule has 0 radical (unpaired) electrons. The normalized spacial score (nSPS) is 18.7. The predicted molar refractivity (Wildman–Crippen MR) is 116 cm³/mol. The Kier molecular flexibility index (Phi) is 5.44. The third-order valence-corrected chi connectivity index (χ3v) is 6.71. The van der Waals surface area contributed by atoms with Crippen LogP contribution in [0.5, 0.6) is 0 Å². The predicted octanol–water partition coefficient (Wildman–Crippen LogP) is 3.20. The van der Waals surface area contributed by atoms with Gasteiger partial charge in [-0.25, -0.2) is 14.8 Å². The van der Waals surface area contributed by atoms with Crippen LogP contribution in [0.3, 0.4) is 0 Å². The molecule has 1 aliphatic rings. The van der Waals surface area contributed by atoms with E-state index in [0.29, 0.717) is 17.3 Å². The van der Waals surface area contributed by atoms with Crippen LogP contribution in [0.2, 0.25) is 0 Å². The summed E-state index contributed by atoms with van der Waals surface area (Å²) in [5.41, 5.74) is 2.18. The maximum Gasteiger partial charge on any atom is 0.344 e. The monoisotopic (exact) mass is 441 g/mol. The number of amides is 4. The van der Waals surface area contributed by atoms with Gasteiger partial charge >= 0.3 is 6.03 Å². The van der Waals surface area contributed by atoms with E-state index in [1.165, 1.54) is 23.1 Å². The van der Waals surface area contributed by atoms with Crippen molar-refractivity contribution in [3.05, 3.63) is 41.8 Å². The van der Waals surface area contributed by atoms with Gasteiger partial charge < -0.3 is 5.32 Å². The lowest BCUT2D eigenvalue weighted by atomic mass is 10.00. The van der Waals surface area contributed by atoms with Gasteiger partial charge in [0, 0.05) is 5.39 Å². The minimum absolute atomic E-state index is 0.00914. The van der Waals surface area contributed by atoms with Crippen LogP contribution in [0.25, 0.3) is 21.6 Å². The Balaban J connectivity index is 1.52. The number of fused-ring (bicyclic) bond motifs is 1.